The summed E-state index contributed by atoms with van der Waals surface area (Å²) in [4.78, 5) is 5.33. The van der Waals surface area contributed by atoms with Crippen molar-refractivity contribution in [3.63, 3.8) is 0 Å². The van der Waals surface area contributed by atoms with Gasteiger partial charge in [0.25, 0.3) is 0 Å². The first-order valence-corrected chi connectivity index (χ1v) is 9.82. The zero-order valence-electron chi connectivity index (χ0n) is 15.8. The molecule has 1 saturated carbocycles. The second-order valence-electron chi connectivity index (χ2n) is 8.98. The SMILES string of the molecule is CC1(C)C[C@]2(CN3CCOCC3)CN(C/C=C/c3ccccc3)C[C@H]12. The van der Waals surface area contributed by atoms with E-state index in [0.29, 0.717) is 10.8 Å². The molecule has 0 bridgehead atoms. The van der Waals surface area contributed by atoms with Crippen molar-refractivity contribution in [1.29, 1.82) is 0 Å². The van der Waals surface area contributed by atoms with Crippen LogP contribution in [0, 0.1) is 16.7 Å². The number of ether oxygens (including phenoxy) is 1. The molecule has 1 aromatic rings. The van der Waals surface area contributed by atoms with Gasteiger partial charge in [-0.2, -0.15) is 0 Å². The predicted octanol–water partition coefficient (Wildman–Crippen LogP) is 3.38. The first-order chi connectivity index (χ1) is 12.1. The molecule has 25 heavy (non-hydrogen) atoms. The van der Waals surface area contributed by atoms with Crippen molar-refractivity contribution in [3.8, 4) is 0 Å². The van der Waals surface area contributed by atoms with Crippen molar-refractivity contribution < 1.29 is 4.74 Å². The van der Waals surface area contributed by atoms with Crippen LogP contribution in [0.4, 0.5) is 0 Å². The molecular formula is C22H32N2O. The normalized spacial score (nSPS) is 32.6. The standard InChI is InChI=1S/C22H32N2O/c1-21(2)16-22(17-23-11-13-25-14-12-23)18-24(15-20(21)22)10-6-9-19-7-4-3-5-8-19/h3-9,20H,10-18H2,1-2H3/b9-6+/t20-,22+/m1/s1. The van der Waals surface area contributed by atoms with Gasteiger partial charge in [0.1, 0.15) is 0 Å². The van der Waals surface area contributed by atoms with E-state index in [2.05, 4.69) is 66.1 Å². The Labute approximate surface area is 152 Å². The van der Waals surface area contributed by atoms with Crippen LogP contribution in [-0.4, -0.2) is 62.3 Å². The Morgan fingerprint density at radius 3 is 2.60 bits per heavy atom. The molecule has 0 N–H and O–H groups in total. The minimum absolute atomic E-state index is 0.504. The highest BCUT2D eigenvalue weighted by molar-refractivity contribution is 5.48. The predicted molar refractivity (Wildman–Crippen MR) is 103 cm³/mol. The lowest BCUT2D eigenvalue weighted by Crippen LogP contribution is -2.59. The maximum absolute atomic E-state index is 5.54. The van der Waals surface area contributed by atoms with Crippen LogP contribution in [0.15, 0.2) is 36.4 Å². The van der Waals surface area contributed by atoms with Crippen LogP contribution in [0.25, 0.3) is 6.08 Å². The van der Waals surface area contributed by atoms with Gasteiger partial charge in [-0.05, 0) is 23.3 Å². The maximum Gasteiger partial charge on any atom is 0.0594 e. The van der Waals surface area contributed by atoms with Gasteiger partial charge >= 0.3 is 0 Å². The lowest BCUT2D eigenvalue weighted by Gasteiger charge is -2.58. The summed E-state index contributed by atoms with van der Waals surface area (Å²) < 4.78 is 5.54. The van der Waals surface area contributed by atoms with Gasteiger partial charge in [0.15, 0.2) is 0 Å². The van der Waals surface area contributed by atoms with E-state index in [4.69, 9.17) is 4.74 Å². The Morgan fingerprint density at radius 1 is 1.12 bits per heavy atom. The van der Waals surface area contributed by atoms with Gasteiger partial charge in [0.2, 0.25) is 0 Å². The summed E-state index contributed by atoms with van der Waals surface area (Å²) in [7, 11) is 0. The average Bonchev–Trinajstić information content (AvgIpc) is 2.90. The summed E-state index contributed by atoms with van der Waals surface area (Å²) in [5.41, 5.74) is 2.32. The smallest absolute Gasteiger partial charge is 0.0594 e. The zero-order valence-corrected chi connectivity index (χ0v) is 15.8. The third-order valence-electron chi connectivity index (χ3n) is 6.59. The Bertz CT molecular complexity index is 606. The molecule has 136 valence electrons. The lowest BCUT2D eigenvalue weighted by atomic mass is 9.48. The molecule has 0 spiro atoms. The number of benzene rings is 1. The minimum Gasteiger partial charge on any atom is -0.379 e. The average molecular weight is 341 g/mol. The van der Waals surface area contributed by atoms with Gasteiger partial charge in [-0.3, -0.25) is 9.80 Å². The van der Waals surface area contributed by atoms with Crippen LogP contribution in [0.5, 0.6) is 0 Å². The molecule has 0 amide bonds. The van der Waals surface area contributed by atoms with Crippen LogP contribution >= 0.6 is 0 Å². The number of likely N-dealkylation sites (tertiary alicyclic amines) is 1. The maximum atomic E-state index is 5.54. The monoisotopic (exact) mass is 340 g/mol. The van der Waals surface area contributed by atoms with Crippen molar-refractivity contribution in [3.05, 3.63) is 42.0 Å². The summed E-state index contributed by atoms with van der Waals surface area (Å²) in [5.74, 6) is 0.841. The molecule has 1 aromatic carbocycles. The van der Waals surface area contributed by atoms with Gasteiger partial charge in [-0.25, -0.2) is 0 Å². The van der Waals surface area contributed by atoms with E-state index >= 15 is 0 Å². The fourth-order valence-electron chi connectivity index (χ4n) is 5.69. The number of rotatable bonds is 5. The van der Waals surface area contributed by atoms with Crippen LogP contribution in [0.1, 0.15) is 25.8 Å². The van der Waals surface area contributed by atoms with E-state index < -0.39 is 0 Å². The van der Waals surface area contributed by atoms with Crippen LogP contribution in [-0.2, 0) is 4.74 Å². The first-order valence-electron chi connectivity index (χ1n) is 9.82. The number of morpholine rings is 1. The van der Waals surface area contributed by atoms with E-state index in [9.17, 15) is 0 Å². The van der Waals surface area contributed by atoms with Crippen LogP contribution in [0.2, 0.25) is 0 Å². The number of hydrogen-bond donors (Lipinski definition) is 0. The molecular weight excluding hydrogens is 308 g/mol. The molecule has 3 nitrogen and oxygen atoms in total. The highest BCUT2D eigenvalue weighted by Crippen LogP contribution is 2.62. The molecule has 2 heterocycles. The van der Waals surface area contributed by atoms with Crippen molar-refractivity contribution in [2.45, 2.75) is 20.3 Å². The van der Waals surface area contributed by atoms with Crippen LogP contribution < -0.4 is 0 Å². The van der Waals surface area contributed by atoms with E-state index in [-0.39, 0.29) is 0 Å². The lowest BCUT2D eigenvalue weighted by molar-refractivity contribution is -0.0966. The second-order valence-corrected chi connectivity index (χ2v) is 8.98. The molecule has 0 unspecified atom stereocenters. The van der Waals surface area contributed by atoms with Crippen molar-refractivity contribution in [2.24, 2.45) is 16.7 Å². The highest BCUT2D eigenvalue weighted by Gasteiger charge is 2.62. The van der Waals surface area contributed by atoms with E-state index in [1.807, 2.05) is 0 Å². The van der Waals surface area contributed by atoms with E-state index in [0.717, 1.165) is 38.8 Å². The molecule has 2 atom stereocenters. The zero-order chi connectivity index (χ0) is 17.3. The molecule has 3 fully saturated rings. The molecule has 0 radical (unpaired) electrons. The summed E-state index contributed by atoms with van der Waals surface area (Å²) in [6.07, 6.45) is 5.98. The van der Waals surface area contributed by atoms with Gasteiger partial charge in [-0.1, -0.05) is 56.3 Å². The molecule has 0 aromatic heterocycles. The summed E-state index contributed by atoms with van der Waals surface area (Å²) in [6, 6.07) is 10.6. The van der Waals surface area contributed by atoms with E-state index in [1.165, 1.54) is 31.6 Å². The van der Waals surface area contributed by atoms with Gasteiger partial charge in [-0.15, -0.1) is 0 Å². The fraction of sp³-hybridized carbons (Fsp3) is 0.636. The third kappa shape index (κ3) is 3.55. The topological polar surface area (TPSA) is 15.7 Å². The van der Waals surface area contributed by atoms with Crippen LogP contribution in [0.3, 0.4) is 0 Å². The number of fused-ring (bicyclic) bond motifs is 1. The molecule has 2 aliphatic heterocycles. The van der Waals surface area contributed by atoms with Gasteiger partial charge < -0.3 is 4.74 Å². The number of hydrogen-bond acceptors (Lipinski definition) is 3. The molecule has 4 rings (SSSR count). The highest BCUT2D eigenvalue weighted by atomic mass is 16.5. The minimum atomic E-state index is 0.504. The Balaban J connectivity index is 1.38. The van der Waals surface area contributed by atoms with Gasteiger partial charge in [0.05, 0.1) is 13.2 Å². The van der Waals surface area contributed by atoms with Crippen molar-refractivity contribution in [2.75, 3.05) is 52.5 Å². The third-order valence-corrected chi connectivity index (χ3v) is 6.59. The van der Waals surface area contributed by atoms with E-state index in [1.54, 1.807) is 0 Å². The first kappa shape index (κ1) is 17.3. The fourth-order valence-corrected chi connectivity index (χ4v) is 5.69. The summed E-state index contributed by atoms with van der Waals surface area (Å²) in [5, 5.41) is 0. The molecule has 3 heteroatoms. The van der Waals surface area contributed by atoms with Crippen molar-refractivity contribution in [1.82, 2.24) is 9.80 Å². The number of nitrogens with zero attached hydrogens (tertiary/aromatic N) is 2. The Hall–Kier alpha value is -1.16. The second kappa shape index (κ2) is 6.86. The summed E-state index contributed by atoms with van der Waals surface area (Å²) >= 11 is 0. The molecule has 3 aliphatic rings. The van der Waals surface area contributed by atoms with Crippen molar-refractivity contribution >= 4 is 6.08 Å². The largest absolute Gasteiger partial charge is 0.379 e. The molecule has 2 saturated heterocycles. The molecule has 1 aliphatic carbocycles. The Morgan fingerprint density at radius 2 is 1.88 bits per heavy atom. The van der Waals surface area contributed by atoms with Gasteiger partial charge in [0, 0.05) is 44.7 Å². The summed E-state index contributed by atoms with van der Waals surface area (Å²) in [6.45, 7) is 13.9. The Kier molecular flexibility index (Phi) is 4.74. The quantitative estimate of drug-likeness (QED) is 0.817.